The van der Waals surface area contributed by atoms with Crippen LogP contribution in [0, 0.1) is 0 Å². The summed E-state index contributed by atoms with van der Waals surface area (Å²) in [4.78, 5) is 48.8. The molecule has 4 aliphatic rings. The molecule has 5 heterocycles. The molecule has 254 valence electrons. The van der Waals surface area contributed by atoms with Gasteiger partial charge in [-0.15, -0.1) is 0 Å². The minimum absolute atomic E-state index is 0.0277. The molecule has 16 heteroatoms. The minimum atomic E-state index is -3.39. The molecule has 1 aromatic carbocycles. The summed E-state index contributed by atoms with van der Waals surface area (Å²) in [6, 6.07) is 5.29. The fourth-order valence-electron chi connectivity index (χ4n) is 6.95. The molecule has 0 saturated carbocycles. The zero-order chi connectivity index (χ0) is 33.1. The first-order chi connectivity index (χ1) is 22.6. The number of carbonyl (C=O) groups excluding carboxylic acids is 3. The first kappa shape index (κ1) is 33.2. The number of amides is 3. The average Bonchev–Trinajstić information content (AvgIpc) is 3.37. The maximum Gasteiger partial charge on any atom is 0.387 e. The Hall–Kier alpha value is -3.76. The van der Waals surface area contributed by atoms with Crippen molar-refractivity contribution >= 4 is 33.7 Å². The summed E-state index contributed by atoms with van der Waals surface area (Å²) in [5, 5.41) is 5.47. The first-order valence-electron chi connectivity index (χ1n) is 16.1. The lowest BCUT2D eigenvalue weighted by Crippen LogP contribution is -2.52. The monoisotopic (exact) mass is 675 g/mol. The molecule has 2 N–H and O–H groups in total. The van der Waals surface area contributed by atoms with Crippen molar-refractivity contribution in [3.63, 3.8) is 0 Å². The number of sulfonamides is 1. The standard InChI is InChI=1S/C31H39F2N7O6S/c32-30(33)46-24-17-34-31(35-18-24)36-23-8-13-39(14-9-23)47(44,45)15-1-10-38-11-6-20(7-12-38)21-2-3-25-22(16-21)19-40(29(25)43)26-4-5-27(41)37-28(26)42/h2-3,16-18,20,23,26,30H,1,4-15,19H2,(H,34,35,36)(H,37,41,42). The van der Waals surface area contributed by atoms with Gasteiger partial charge in [-0.25, -0.2) is 22.7 Å². The summed E-state index contributed by atoms with van der Waals surface area (Å²) in [5.41, 5.74) is 2.70. The Morgan fingerprint density at radius 3 is 2.40 bits per heavy atom. The van der Waals surface area contributed by atoms with E-state index in [4.69, 9.17) is 0 Å². The molecule has 1 atom stereocenters. The van der Waals surface area contributed by atoms with Gasteiger partial charge in [0.25, 0.3) is 5.91 Å². The molecular formula is C31H39F2N7O6S. The molecule has 13 nitrogen and oxygen atoms in total. The van der Waals surface area contributed by atoms with Crippen LogP contribution in [0.25, 0.3) is 0 Å². The molecule has 0 bridgehead atoms. The molecule has 1 unspecified atom stereocenters. The number of halogens is 2. The van der Waals surface area contributed by atoms with E-state index in [2.05, 4.69) is 36.3 Å². The van der Waals surface area contributed by atoms with E-state index < -0.39 is 28.6 Å². The number of imide groups is 1. The van der Waals surface area contributed by atoms with E-state index in [1.165, 1.54) is 22.3 Å². The smallest absolute Gasteiger partial charge is 0.387 e. The second-order valence-electron chi connectivity index (χ2n) is 12.5. The highest BCUT2D eigenvalue weighted by Crippen LogP contribution is 2.33. The van der Waals surface area contributed by atoms with Crippen LogP contribution < -0.4 is 15.4 Å². The van der Waals surface area contributed by atoms with E-state index >= 15 is 0 Å². The number of piperidine rings is 3. The molecule has 0 aliphatic carbocycles. The molecule has 47 heavy (non-hydrogen) atoms. The molecule has 3 saturated heterocycles. The van der Waals surface area contributed by atoms with Gasteiger partial charge in [0.1, 0.15) is 6.04 Å². The summed E-state index contributed by atoms with van der Waals surface area (Å²) in [5.74, 6) is -0.319. The van der Waals surface area contributed by atoms with Crippen LogP contribution in [-0.2, 0) is 26.2 Å². The Morgan fingerprint density at radius 2 is 1.72 bits per heavy atom. The summed E-state index contributed by atoms with van der Waals surface area (Å²) in [7, 11) is -3.39. The molecular weight excluding hydrogens is 636 g/mol. The lowest BCUT2D eigenvalue weighted by atomic mass is 9.88. The van der Waals surface area contributed by atoms with Crippen LogP contribution in [0.4, 0.5) is 14.7 Å². The number of hydrogen-bond donors (Lipinski definition) is 2. The molecule has 0 radical (unpaired) electrons. The van der Waals surface area contributed by atoms with E-state index in [1.54, 1.807) is 4.90 Å². The van der Waals surface area contributed by atoms with E-state index in [1.807, 2.05) is 12.1 Å². The summed E-state index contributed by atoms with van der Waals surface area (Å²) < 4.78 is 56.5. The van der Waals surface area contributed by atoms with Crippen molar-refractivity contribution in [2.75, 3.05) is 43.8 Å². The second kappa shape index (κ2) is 14.2. The summed E-state index contributed by atoms with van der Waals surface area (Å²) in [6.45, 7) is 0.599. The van der Waals surface area contributed by atoms with Crippen molar-refractivity contribution in [3.05, 3.63) is 47.3 Å². The van der Waals surface area contributed by atoms with Crippen LogP contribution >= 0.6 is 0 Å². The predicted molar refractivity (Wildman–Crippen MR) is 166 cm³/mol. The van der Waals surface area contributed by atoms with Gasteiger partial charge in [-0.05, 0) is 81.3 Å². The van der Waals surface area contributed by atoms with Crippen LogP contribution in [0.15, 0.2) is 30.6 Å². The minimum Gasteiger partial charge on any atom is -0.432 e. The van der Waals surface area contributed by atoms with Crippen molar-refractivity contribution in [2.24, 2.45) is 0 Å². The van der Waals surface area contributed by atoms with Gasteiger partial charge in [-0.3, -0.25) is 19.7 Å². The van der Waals surface area contributed by atoms with Gasteiger partial charge in [-0.2, -0.15) is 8.78 Å². The fourth-order valence-corrected chi connectivity index (χ4v) is 8.47. The molecule has 1 aromatic heterocycles. The number of anilines is 1. The van der Waals surface area contributed by atoms with Crippen LogP contribution in [-0.4, -0.2) is 107 Å². The van der Waals surface area contributed by atoms with Crippen molar-refractivity contribution in [1.82, 2.24) is 29.4 Å². The number of benzene rings is 1. The van der Waals surface area contributed by atoms with Crippen LogP contribution in [0.2, 0.25) is 0 Å². The second-order valence-corrected chi connectivity index (χ2v) is 14.6. The van der Waals surface area contributed by atoms with Gasteiger partial charge in [0.15, 0.2) is 5.75 Å². The third-order valence-electron chi connectivity index (χ3n) is 9.52. The molecule has 0 spiro atoms. The van der Waals surface area contributed by atoms with Crippen molar-refractivity contribution in [2.45, 2.75) is 76.1 Å². The van der Waals surface area contributed by atoms with Gasteiger partial charge in [0, 0.05) is 37.7 Å². The van der Waals surface area contributed by atoms with Gasteiger partial charge in [0.05, 0.1) is 18.1 Å². The number of carbonyl (C=O) groups is 3. The fraction of sp³-hybridized carbons (Fsp3) is 0.581. The number of nitrogens with zero attached hydrogens (tertiary/aromatic N) is 5. The Balaban J connectivity index is 0.913. The normalized spacial score (nSPS) is 22.1. The number of nitrogens with one attached hydrogen (secondary N) is 2. The van der Waals surface area contributed by atoms with Gasteiger partial charge < -0.3 is 19.9 Å². The summed E-state index contributed by atoms with van der Waals surface area (Å²) in [6.07, 6.45) is 6.47. The molecule has 3 fully saturated rings. The Morgan fingerprint density at radius 1 is 1.00 bits per heavy atom. The van der Waals surface area contributed by atoms with Crippen molar-refractivity contribution in [3.8, 4) is 5.75 Å². The highest BCUT2D eigenvalue weighted by molar-refractivity contribution is 7.89. The van der Waals surface area contributed by atoms with E-state index in [9.17, 15) is 31.6 Å². The Labute approximate surface area is 272 Å². The third kappa shape index (κ3) is 7.87. The maximum absolute atomic E-state index is 13.1. The molecule has 6 rings (SSSR count). The number of alkyl halides is 2. The van der Waals surface area contributed by atoms with Crippen molar-refractivity contribution in [1.29, 1.82) is 0 Å². The SMILES string of the molecule is O=C1CCC(N2Cc3cc(C4CCN(CCCS(=O)(=O)N5CCC(Nc6ncc(OC(F)F)cn6)CC5)CC4)ccc3C2=O)C(=O)N1. The number of likely N-dealkylation sites (tertiary alicyclic amines) is 1. The summed E-state index contributed by atoms with van der Waals surface area (Å²) >= 11 is 0. The lowest BCUT2D eigenvalue weighted by molar-refractivity contribution is -0.136. The van der Waals surface area contributed by atoms with E-state index in [-0.39, 0.29) is 41.7 Å². The maximum atomic E-state index is 13.1. The third-order valence-corrected chi connectivity index (χ3v) is 11.5. The van der Waals surface area contributed by atoms with Gasteiger partial charge in [0.2, 0.25) is 27.8 Å². The zero-order valence-corrected chi connectivity index (χ0v) is 26.8. The zero-order valence-electron chi connectivity index (χ0n) is 25.9. The van der Waals surface area contributed by atoms with Crippen LogP contribution in [0.1, 0.15) is 72.3 Å². The van der Waals surface area contributed by atoms with E-state index in [0.717, 1.165) is 31.5 Å². The number of rotatable bonds is 11. The van der Waals surface area contributed by atoms with Crippen molar-refractivity contribution < 1.29 is 36.3 Å². The Bertz CT molecular complexity index is 1580. The highest BCUT2D eigenvalue weighted by atomic mass is 32.2. The van der Waals surface area contributed by atoms with Crippen LogP contribution in [0.5, 0.6) is 5.75 Å². The number of ether oxygens (including phenoxy) is 1. The molecule has 2 aromatic rings. The molecule has 3 amide bonds. The number of fused-ring (bicyclic) bond motifs is 1. The predicted octanol–water partition coefficient (Wildman–Crippen LogP) is 2.31. The quantitative estimate of drug-likeness (QED) is 0.339. The van der Waals surface area contributed by atoms with E-state index in [0.29, 0.717) is 63.3 Å². The Kier molecular flexibility index (Phi) is 9.98. The number of hydrogen-bond acceptors (Lipinski definition) is 10. The molecule has 4 aliphatic heterocycles. The van der Waals surface area contributed by atoms with Crippen LogP contribution in [0.3, 0.4) is 0 Å². The first-order valence-corrected chi connectivity index (χ1v) is 17.7. The lowest BCUT2D eigenvalue weighted by Gasteiger charge is -2.33. The highest BCUT2D eigenvalue weighted by Gasteiger charge is 2.39. The largest absolute Gasteiger partial charge is 0.432 e. The number of aromatic nitrogens is 2. The topological polar surface area (TPSA) is 154 Å². The van der Waals surface area contributed by atoms with Gasteiger partial charge >= 0.3 is 6.61 Å². The van der Waals surface area contributed by atoms with Gasteiger partial charge in [-0.1, -0.05) is 12.1 Å². The average molecular weight is 676 g/mol.